The molecule has 0 radical (unpaired) electrons. The molecule has 2 aromatic rings. The molecule has 0 unspecified atom stereocenters. The number of imidazole rings is 1. The lowest BCUT2D eigenvalue weighted by atomic mass is 10.4. The topological polar surface area (TPSA) is 47.7 Å². The maximum absolute atomic E-state index is 4.18. The van der Waals surface area contributed by atoms with Gasteiger partial charge in [-0.2, -0.15) is 5.10 Å². The Kier molecular flexibility index (Phi) is 3.36. The fourth-order valence-corrected chi connectivity index (χ4v) is 1.63. The fourth-order valence-electron chi connectivity index (χ4n) is 1.63. The predicted octanol–water partition coefficient (Wildman–Crippen LogP) is 0.715. The molecule has 0 aliphatic rings. The van der Waals surface area contributed by atoms with Crippen LogP contribution < -0.4 is 5.32 Å². The Morgan fingerprint density at radius 1 is 1.38 bits per heavy atom. The number of aryl methyl sites for hydroxylation is 2. The van der Waals surface area contributed by atoms with E-state index < -0.39 is 0 Å². The number of nitrogens with zero attached hydrogens (tertiary/aromatic N) is 4. The fraction of sp³-hybridized carbons (Fsp3) is 0.455. The SMILES string of the molecule is Cc1nccn1CCNCc1ccnn1C. The van der Waals surface area contributed by atoms with Crippen molar-refractivity contribution in [1.82, 2.24) is 24.6 Å². The van der Waals surface area contributed by atoms with Gasteiger partial charge in [0.25, 0.3) is 0 Å². The molecule has 86 valence electrons. The second-order valence-corrected chi connectivity index (χ2v) is 3.79. The summed E-state index contributed by atoms with van der Waals surface area (Å²) in [7, 11) is 1.96. The molecule has 0 aromatic carbocycles. The van der Waals surface area contributed by atoms with Gasteiger partial charge in [0, 0.05) is 45.3 Å². The van der Waals surface area contributed by atoms with Crippen LogP contribution in [-0.2, 0) is 20.1 Å². The molecule has 16 heavy (non-hydrogen) atoms. The highest BCUT2D eigenvalue weighted by Crippen LogP contribution is 1.96. The summed E-state index contributed by atoms with van der Waals surface area (Å²) >= 11 is 0. The van der Waals surface area contributed by atoms with E-state index in [2.05, 4.69) is 20.0 Å². The predicted molar refractivity (Wildman–Crippen MR) is 61.9 cm³/mol. The van der Waals surface area contributed by atoms with Gasteiger partial charge in [-0.25, -0.2) is 4.98 Å². The third kappa shape index (κ3) is 2.49. The molecule has 2 heterocycles. The molecule has 0 atom stereocenters. The molecular formula is C11H17N5. The molecule has 0 bridgehead atoms. The van der Waals surface area contributed by atoms with E-state index in [9.17, 15) is 0 Å². The summed E-state index contributed by atoms with van der Waals surface area (Å²) in [5, 5.41) is 7.51. The van der Waals surface area contributed by atoms with Crippen LogP contribution in [0.2, 0.25) is 0 Å². The zero-order valence-corrected chi connectivity index (χ0v) is 9.72. The minimum absolute atomic E-state index is 0.851. The smallest absolute Gasteiger partial charge is 0.105 e. The van der Waals surface area contributed by atoms with Crippen LogP contribution in [0.15, 0.2) is 24.7 Å². The molecular weight excluding hydrogens is 202 g/mol. The second-order valence-electron chi connectivity index (χ2n) is 3.79. The van der Waals surface area contributed by atoms with Crippen LogP contribution in [0.5, 0.6) is 0 Å². The summed E-state index contributed by atoms with van der Waals surface area (Å²) in [6.45, 7) is 4.75. The highest BCUT2D eigenvalue weighted by Gasteiger charge is 1.98. The summed E-state index contributed by atoms with van der Waals surface area (Å²) in [4.78, 5) is 4.18. The monoisotopic (exact) mass is 219 g/mol. The number of hydrogen-bond acceptors (Lipinski definition) is 3. The quantitative estimate of drug-likeness (QED) is 0.754. The average Bonchev–Trinajstić information content (AvgIpc) is 2.84. The van der Waals surface area contributed by atoms with Crippen LogP contribution in [0, 0.1) is 6.92 Å². The standard InChI is InChI=1S/C11H17N5/c1-10-13-6-8-16(10)7-5-12-9-11-3-4-14-15(11)2/h3-4,6,8,12H,5,7,9H2,1-2H3. The van der Waals surface area contributed by atoms with Crippen LogP contribution in [0.3, 0.4) is 0 Å². The van der Waals surface area contributed by atoms with E-state index in [1.807, 2.05) is 43.3 Å². The first-order chi connectivity index (χ1) is 7.77. The third-order valence-corrected chi connectivity index (χ3v) is 2.68. The second kappa shape index (κ2) is 4.94. The van der Waals surface area contributed by atoms with E-state index in [1.165, 1.54) is 5.69 Å². The lowest BCUT2D eigenvalue weighted by Gasteiger charge is -2.07. The molecule has 1 N–H and O–H groups in total. The average molecular weight is 219 g/mol. The first-order valence-corrected chi connectivity index (χ1v) is 5.42. The van der Waals surface area contributed by atoms with Crippen molar-refractivity contribution in [3.8, 4) is 0 Å². The van der Waals surface area contributed by atoms with Gasteiger partial charge in [-0.1, -0.05) is 0 Å². The summed E-state index contributed by atoms with van der Waals surface area (Å²) in [6.07, 6.45) is 5.65. The maximum atomic E-state index is 4.18. The Labute approximate surface area is 95.1 Å². The van der Waals surface area contributed by atoms with Gasteiger partial charge in [-0.15, -0.1) is 0 Å². The zero-order valence-electron chi connectivity index (χ0n) is 9.72. The molecule has 0 aliphatic heterocycles. The highest BCUT2D eigenvalue weighted by molar-refractivity contribution is 4.99. The van der Waals surface area contributed by atoms with Crippen molar-refractivity contribution in [2.45, 2.75) is 20.0 Å². The van der Waals surface area contributed by atoms with E-state index in [1.54, 1.807) is 0 Å². The van der Waals surface area contributed by atoms with Crippen molar-refractivity contribution in [2.75, 3.05) is 6.54 Å². The molecule has 0 fully saturated rings. The minimum Gasteiger partial charge on any atom is -0.334 e. The molecule has 5 heteroatoms. The van der Waals surface area contributed by atoms with Gasteiger partial charge >= 0.3 is 0 Å². The zero-order chi connectivity index (χ0) is 11.4. The molecule has 0 amide bonds. The number of aromatic nitrogens is 4. The van der Waals surface area contributed by atoms with Crippen LogP contribution in [-0.4, -0.2) is 25.9 Å². The Morgan fingerprint density at radius 2 is 2.25 bits per heavy atom. The Balaban J connectivity index is 1.74. The Morgan fingerprint density at radius 3 is 2.88 bits per heavy atom. The van der Waals surface area contributed by atoms with Crippen molar-refractivity contribution in [3.05, 3.63) is 36.2 Å². The van der Waals surface area contributed by atoms with Gasteiger partial charge in [0.15, 0.2) is 0 Å². The van der Waals surface area contributed by atoms with Gasteiger partial charge in [-0.05, 0) is 13.0 Å². The molecule has 0 saturated heterocycles. The van der Waals surface area contributed by atoms with E-state index in [0.29, 0.717) is 0 Å². The molecule has 5 nitrogen and oxygen atoms in total. The van der Waals surface area contributed by atoms with Gasteiger partial charge in [0.2, 0.25) is 0 Å². The Hall–Kier alpha value is -1.62. The normalized spacial score (nSPS) is 10.9. The molecule has 0 aliphatic carbocycles. The molecule has 2 rings (SSSR count). The van der Waals surface area contributed by atoms with Crippen molar-refractivity contribution in [1.29, 1.82) is 0 Å². The maximum Gasteiger partial charge on any atom is 0.105 e. The largest absolute Gasteiger partial charge is 0.334 e. The Bertz CT molecular complexity index is 400. The van der Waals surface area contributed by atoms with Crippen LogP contribution in [0.4, 0.5) is 0 Å². The van der Waals surface area contributed by atoms with E-state index in [4.69, 9.17) is 0 Å². The van der Waals surface area contributed by atoms with Gasteiger partial charge in [0.1, 0.15) is 5.82 Å². The van der Waals surface area contributed by atoms with Crippen molar-refractivity contribution in [3.63, 3.8) is 0 Å². The lowest BCUT2D eigenvalue weighted by Crippen LogP contribution is -2.21. The summed E-state index contributed by atoms with van der Waals surface area (Å²) in [5.41, 5.74) is 1.20. The number of nitrogens with one attached hydrogen (secondary N) is 1. The first-order valence-electron chi connectivity index (χ1n) is 5.42. The molecule has 2 aromatic heterocycles. The molecule has 0 spiro atoms. The van der Waals surface area contributed by atoms with Crippen LogP contribution in [0.1, 0.15) is 11.5 Å². The van der Waals surface area contributed by atoms with Crippen molar-refractivity contribution < 1.29 is 0 Å². The summed E-state index contributed by atoms with van der Waals surface area (Å²) < 4.78 is 4.02. The van der Waals surface area contributed by atoms with Crippen molar-refractivity contribution >= 4 is 0 Å². The van der Waals surface area contributed by atoms with Gasteiger partial charge < -0.3 is 9.88 Å². The van der Waals surface area contributed by atoms with Crippen molar-refractivity contribution in [2.24, 2.45) is 7.05 Å². The number of rotatable bonds is 5. The first kappa shape index (κ1) is 10.9. The molecule has 0 saturated carbocycles. The van der Waals surface area contributed by atoms with E-state index in [0.717, 1.165) is 25.5 Å². The van der Waals surface area contributed by atoms with Crippen LogP contribution in [0.25, 0.3) is 0 Å². The summed E-state index contributed by atoms with van der Waals surface area (Å²) in [5.74, 6) is 1.06. The van der Waals surface area contributed by atoms with Crippen LogP contribution >= 0.6 is 0 Å². The minimum atomic E-state index is 0.851. The van der Waals surface area contributed by atoms with E-state index >= 15 is 0 Å². The summed E-state index contributed by atoms with van der Waals surface area (Å²) in [6, 6.07) is 2.02. The highest BCUT2D eigenvalue weighted by atomic mass is 15.3. The lowest BCUT2D eigenvalue weighted by molar-refractivity contribution is 0.567. The third-order valence-electron chi connectivity index (χ3n) is 2.68. The number of hydrogen-bond donors (Lipinski definition) is 1. The van der Waals surface area contributed by atoms with Gasteiger partial charge in [0.05, 0.1) is 5.69 Å². The van der Waals surface area contributed by atoms with Gasteiger partial charge in [-0.3, -0.25) is 4.68 Å². The van der Waals surface area contributed by atoms with E-state index in [-0.39, 0.29) is 0 Å².